The Kier molecular flexibility index (Phi) is 4.58. The Labute approximate surface area is 129 Å². The second-order valence-corrected chi connectivity index (χ2v) is 4.59. The molecule has 2 rings (SSSR count). The number of nitrogens with zero attached hydrogens (tertiary/aromatic N) is 3. The molecule has 120 valence electrons. The van der Waals surface area contributed by atoms with Gasteiger partial charge in [0.05, 0.1) is 17.8 Å². The third kappa shape index (κ3) is 4.50. The van der Waals surface area contributed by atoms with E-state index in [1.165, 1.54) is 18.5 Å². The molecule has 6 nitrogen and oxygen atoms in total. The summed E-state index contributed by atoms with van der Waals surface area (Å²) in [5, 5.41) is 2.46. The van der Waals surface area contributed by atoms with Gasteiger partial charge in [-0.2, -0.15) is 13.2 Å². The molecule has 0 aliphatic heterocycles. The quantitative estimate of drug-likeness (QED) is 0.897. The van der Waals surface area contributed by atoms with Crippen LogP contribution in [0.15, 0.2) is 37.3 Å². The van der Waals surface area contributed by atoms with Gasteiger partial charge in [-0.3, -0.25) is 9.78 Å². The maximum Gasteiger partial charge on any atom is 0.433 e. The summed E-state index contributed by atoms with van der Waals surface area (Å²) in [4.78, 5) is 22.8. The number of carbonyl (C=O) groups is 1. The number of rotatable bonds is 4. The normalized spacial score (nSPS) is 11.1. The summed E-state index contributed by atoms with van der Waals surface area (Å²) in [6, 6.07) is 3.57. The Balaban J connectivity index is 2.08. The van der Waals surface area contributed by atoms with Gasteiger partial charge in [-0.05, 0) is 17.7 Å². The first-order valence-corrected chi connectivity index (χ1v) is 6.34. The Morgan fingerprint density at radius 3 is 2.65 bits per heavy atom. The number of amides is 1. The van der Waals surface area contributed by atoms with Crippen LogP contribution in [-0.2, 0) is 17.4 Å². The Bertz CT molecular complexity index is 745. The third-order valence-corrected chi connectivity index (χ3v) is 2.74. The highest BCUT2D eigenvalue weighted by molar-refractivity contribution is 5.91. The molecule has 3 N–H and O–H groups in total. The molecule has 0 aliphatic rings. The number of aromatic nitrogens is 3. The predicted molar refractivity (Wildman–Crippen MR) is 76.8 cm³/mol. The van der Waals surface area contributed by atoms with E-state index in [4.69, 9.17) is 5.73 Å². The lowest BCUT2D eigenvalue weighted by Gasteiger charge is -2.08. The molecule has 0 saturated heterocycles. The predicted octanol–water partition coefficient (Wildman–Crippen LogP) is 2.00. The van der Waals surface area contributed by atoms with Gasteiger partial charge in [-0.25, -0.2) is 9.97 Å². The number of hydrogen-bond donors (Lipinski definition) is 2. The van der Waals surface area contributed by atoms with Gasteiger partial charge in [0.15, 0.2) is 0 Å². The van der Waals surface area contributed by atoms with Crippen molar-refractivity contribution >= 4 is 17.4 Å². The molecule has 0 aliphatic carbocycles. The SMILES string of the molecule is C=C(N)c1cc(NC(=O)Cc2ccnc(C(F)(F)F)c2)ncn1. The van der Waals surface area contributed by atoms with Gasteiger partial charge in [0.1, 0.15) is 17.8 Å². The molecule has 2 heterocycles. The molecule has 0 fully saturated rings. The minimum absolute atomic E-state index is 0.178. The van der Waals surface area contributed by atoms with Crippen LogP contribution in [0.25, 0.3) is 5.70 Å². The van der Waals surface area contributed by atoms with Gasteiger partial charge in [0, 0.05) is 12.3 Å². The van der Waals surface area contributed by atoms with Crippen molar-refractivity contribution in [3.63, 3.8) is 0 Å². The smallest absolute Gasteiger partial charge is 0.397 e. The van der Waals surface area contributed by atoms with Crippen LogP contribution >= 0.6 is 0 Å². The highest BCUT2D eigenvalue weighted by Crippen LogP contribution is 2.27. The van der Waals surface area contributed by atoms with E-state index in [-0.39, 0.29) is 23.5 Å². The van der Waals surface area contributed by atoms with Crippen LogP contribution < -0.4 is 11.1 Å². The number of anilines is 1. The Hall–Kier alpha value is -2.97. The second-order valence-electron chi connectivity index (χ2n) is 4.59. The van der Waals surface area contributed by atoms with E-state index in [0.29, 0.717) is 5.69 Å². The second kappa shape index (κ2) is 6.42. The third-order valence-electron chi connectivity index (χ3n) is 2.74. The van der Waals surface area contributed by atoms with Crippen LogP contribution in [0.4, 0.5) is 19.0 Å². The number of hydrogen-bond acceptors (Lipinski definition) is 5. The molecule has 2 aromatic rings. The minimum Gasteiger partial charge on any atom is -0.397 e. The topological polar surface area (TPSA) is 93.8 Å². The fourth-order valence-electron chi connectivity index (χ4n) is 1.71. The molecule has 0 aromatic carbocycles. The zero-order valence-electron chi connectivity index (χ0n) is 11.8. The molecule has 2 aromatic heterocycles. The van der Waals surface area contributed by atoms with Crippen molar-refractivity contribution in [2.75, 3.05) is 5.32 Å². The lowest BCUT2D eigenvalue weighted by atomic mass is 10.1. The molecule has 0 bridgehead atoms. The zero-order chi connectivity index (χ0) is 17.0. The number of alkyl halides is 3. The van der Waals surface area contributed by atoms with Gasteiger partial charge in [0.25, 0.3) is 0 Å². The van der Waals surface area contributed by atoms with E-state index in [9.17, 15) is 18.0 Å². The average molecular weight is 323 g/mol. The maximum atomic E-state index is 12.6. The van der Waals surface area contributed by atoms with Gasteiger partial charge in [-0.1, -0.05) is 6.58 Å². The van der Waals surface area contributed by atoms with E-state index in [0.717, 1.165) is 12.3 Å². The number of carbonyl (C=O) groups excluding carboxylic acids is 1. The minimum atomic E-state index is -4.56. The van der Waals surface area contributed by atoms with Crippen molar-refractivity contribution in [1.82, 2.24) is 15.0 Å². The Morgan fingerprint density at radius 1 is 1.26 bits per heavy atom. The van der Waals surface area contributed by atoms with Gasteiger partial charge < -0.3 is 11.1 Å². The van der Waals surface area contributed by atoms with Crippen LogP contribution in [0.5, 0.6) is 0 Å². The highest BCUT2D eigenvalue weighted by Gasteiger charge is 2.32. The molecule has 0 unspecified atom stereocenters. The molecular formula is C14H12F3N5O. The standard InChI is InChI=1S/C14H12F3N5O/c1-8(18)10-6-12(21-7-20-10)22-13(23)5-9-2-3-19-11(4-9)14(15,16)17/h2-4,6-7H,1,5,18H2,(H,20,21,22,23). The van der Waals surface area contributed by atoms with Crippen molar-refractivity contribution in [3.05, 3.63) is 54.3 Å². The summed E-state index contributed by atoms with van der Waals surface area (Å²) in [6.45, 7) is 3.51. The fraction of sp³-hybridized carbons (Fsp3) is 0.143. The first-order valence-electron chi connectivity index (χ1n) is 6.34. The molecule has 0 saturated carbocycles. The summed E-state index contributed by atoms with van der Waals surface area (Å²) >= 11 is 0. The lowest BCUT2D eigenvalue weighted by Crippen LogP contribution is -2.17. The summed E-state index contributed by atoms with van der Waals surface area (Å²) in [5.74, 6) is -0.353. The van der Waals surface area contributed by atoms with Crippen molar-refractivity contribution in [3.8, 4) is 0 Å². The fourth-order valence-corrected chi connectivity index (χ4v) is 1.71. The summed E-state index contributed by atoms with van der Waals surface area (Å²) in [5.41, 5.74) is 5.16. The van der Waals surface area contributed by atoms with Gasteiger partial charge in [-0.15, -0.1) is 0 Å². The van der Waals surface area contributed by atoms with Gasteiger partial charge in [0.2, 0.25) is 5.91 Å². The molecule has 0 radical (unpaired) electrons. The highest BCUT2D eigenvalue weighted by atomic mass is 19.4. The van der Waals surface area contributed by atoms with Crippen molar-refractivity contribution < 1.29 is 18.0 Å². The van der Waals surface area contributed by atoms with E-state index in [1.54, 1.807) is 0 Å². The van der Waals surface area contributed by atoms with E-state index >= 15 is 0 Å². The zero-order valence-corrected chi connectivity index (χ0v) is 11.8. The molecule has 9 heteroatoms. The largest absolute Gasteiger partial charge is 0.433 e. The maximum absolute atomic E-state index is 12.6. The summed E-state index contributed by atoms with van der Waals surface area (Å²) < 4.78 is 37.7. The van der Waals surface area contributed by atoms with Crippen LogP contribution in [0.3, 0.4) is 0 Å². The molecule has 23 heavy (non-hydrogen) atoms. The summed E-state index contributed by atoms with van der Waals surface area (Å²) in [7, 11) is 0. The lowest BCUT2D eigenvalue weighted by molar-refractivity contribution is -0.141. The molecule has 0 atom stereocenters. The summed E-state index contributed by atoms with van der Waals surface area (Å²) in [6.07, 6.45) is -2.62. The van der Waals surface area contributed by atoms with Crippen LogP contribution in [0.2, 0.25) is 0 Å². The van der Waals surface area contributed by atoms with E-state index in [2.05, 4.69) is 26.8 Å². The molecule has 0 spiro atoms. The number of nitrogens with two attached hydrogens (primary N) is 1. The number of nitrogens with one attached hydrogen (secondary N) is 1. The van der Waals surface area contributed by atoms with Crippen molar-refractivity contribution in [2.45, 2.75) is 12.6 Å². The van der Waals surface area contributed by atoms with Crippen LogP contribution in [-0.4, -0.2) is 20.9 Å². The molecular weight excluding hydrogens is 311 g/mol. The van der Waals surface area contributed by atoms with Crippen molar-refractivity contribution in [2.24, 2.45) is 5.73 Å². The monoisotopic (exact) mass is 323 g/mol. The van der Waals surface area contributed by atoms with E-state index in [1.807, 2.05) is 0 Å². The first-order chi connectivity index (χ1) is 10.8. The number of pyridine rings is 1. The average Bonchev–Trinajstić information content (AvgIpc) is 2.46. The number of halogens is 3. The molecule has 1 amide bonds. The van der Waals surface area contributed by atoms with E-state index < -0.39 is 17.8 Å². The Morgan fingerprint density at radius 2 is 2.00 bits per heavy atom. The van der Waals surface area contributed by atoms with Crippen molar-refractivity contribution in [1.29, 1.82) is 0 Å². The van der Waals surface area contributed by atoms with Gasteiger partial charge >= 0.3 is 6.18 Å². The first kappa shape index (κ1) is 16.4. The van der Waals surface area contributed by atoms with Crippen LogP contribution in [0, 0.1) is 0 Å². The van der Waals surface area contributed by atoms with Crippen LogP contribution in [0.1, 0.15) is 17.0 Å².